The van der Waals surface area contributed by atoms with Gasteiger partial charge in [-0.05, 0) is 51.1 Å². The van der Waals surface area contributed by atoms with Crippen molar-refractivity contribution in [3.63, 3.8) is 0 Å². The fraction of sp³-hybridized carbons (Fsp3) is 0.286. The van der Waals surface area contributed by atoms with Gasteiger partial charge in [-0.25, -0.2) is 0 Å². The van der Waals surface area contributed by atoms with Gasteiger partial charge in [0.05, 0.1) is 19.8 Å². The quantitative estimate of drug-likeness (QED) is 0.467. The normalized spacial score (nSPS) is 10.5. The van der Waals surface area contributed by atoms with Gasteiger partial charge in [-0.15, -0.1) is 5.10 Å². The first-order valence-corrected chi connectivity index (χ1v) is 10.3. The van der Waals surface area contributed by atoms with E-state index in [9.17, 15) is 4.79 Å². The molecule has 1 aromatic heterocycles. The maximum absolute atomic E-state index is 12.4. The van der Waals surface area contributed by atoms with Gasteiger partial charge >= 0.3 is 6.01 Å². The molecule has 0 spiro atoms. The summed E-state index contributed by atoms with van der Waals surface area (Å²) in [6, 6.07) is 10.4. The van der Waals surface area contributed by atoms with Crippen molar-refractivity contribution in [2.45, 2.75) is 20.8 Å². The Morgan fingerprint density at radius 1 is 1.00 bits per heavy atom. The van der Waals surface area contributed by atoms with Crippen molar-refractivity contribution in [1.29, 1.82) is 0 Å². The molecule has 2 aromatic carbocycles. The number of carbonyl (C=O) groups excluding carboxylic acids is 1. The molecule has 0 aliphatic heterocycles. The molecule has 0 saturated carbocycles. The monoisotopic (exact) mass is 475 g/mol. The number of halogens is 1. The van der Waals surface area contributed by atoms with Crippen LogP contribution in [-0.2, 0) is 0 Å². The van der Waals surface area contributed by atoms with Crippen LogP contribution in [-0.4, -0.2) is 35.9 Å². The Morgan fingerprint density at radius 3 is 2.27 bits per heavy atom. The van der Waals surface area contributed by atoms with E-state index in [1.807, 2.05) is 26.8 Å². The van der Waals surface area contributed by atoms with Crippen LogP contribution in [0.3, 0.4) is 0 Å². The Bertz CT molecular complexity index is 994. The van der Waals surface area contributed by atoms with Gasteiger partial charge in [0.15, 0.2) is 11.5 Å². The lowest BCUT2D eigenvalue weighted by Crippen LogP contribution is -2.11. The summed E-state index contributed by atoms with van der Waals surface area (Å²) in [6.45, 7) is 7.01. The lowest BCUT2D eigenvalue weighted by Gasteiger charge is -2.16. The van der Waals surface area contributed by atoms with Crippen LogP contribution < -0.4 is 19.5 Å². The molecule has 0 atom stereocenters. The SMILES string of the molecule is CCOc1cc(-c2nnc(NC(=O)c3cccc(Br)c3)o2)cc(OCC)c1OCC. The number of rotatable bonds is 9. The van der Waals surface area contributed by atoms with E-state index >= 15 is 0 Å². The minimum atomic E-state index is -0.358. The molecular weight excluding hydrogens is 454 g/mol. The first-order valence-electron chi connectivity index (χ1n) is 9.52. The molecule has 0 fully saturated rings. The molecule has 3 rings (SSSR count). The number of ether oxygens (including phenoxy) is 3. The van der Waals surface area contributed by atoms with Gasteiger partial charge in [-0.1, -0.05) is 27.1 Å². The summed E-state index contributed by atoms with van der Waals surface area (Å²) in [5.74, 6) is 1.40. The minimum absolute atomic E-state index is 0.0141. The molecule has 0 bridgehead atoms. The van der Waals surface area contributed by atoms with E-state index < -0.39 is 0 Å². The molecule has 0 saturated heterocycles. The highest BCUT2D eigenvalue weighted by molar-refractivity contribution is 9.10. The van der Waals surface area contributed by atoms with Crippen LogP contribution in [0.2, 0.25) is 0 Å². The zero-order valence-electron chi connectivity index (χ0n) is 16.9. The lowest BCUT2D eigenvalue weighted by atomic mass is 10.2. The van der Waals surface area contributed by atoms with Crippen LogP contribution in [0, 0.1) is 0 Å². The second-order valence-corrected chi connectivity index (χ2v) is 6.89. The van der Waals surface area contributed by atoms with E-state index in [2.05, 4.69) is 31.4 Å². The number of amides is 1. The average Bonchev–Trinajstić information content (AvgIpc) is 3.19. The second-order valence-electron chi connectivity index (χ2n) is 5.98. The molecule has 3 aromatic rings. The van der Waals surface area contributed by atoms with Gasteiger partial charge in [-0.3, -0.25) is 10.1 Å². The molecule has 1 N–H and O–H groups in total. The molecule has 0 radical (unpaired) electrons. The maximum atomic E-state index is 12.4. The van der Waals surface area contributed by atoms with Crippen LogP contribution >= 0.6 is 15.9 Å². The van der Waals surface area contributed by atoms with Crippen LogP contribution in [0.1, 0.15) is 31.1 Å². The van der Waals surface area contributed by atoms with E-state index in [1.165, 1.54) is 0 Å². The van der Waals surface area contributed by atoms with Crippen molar-refractivity contribution >= 4 is 27.9 Å². The van der Waals surface area contributed by atoms with Crippen LogP contribution in [0.25, 0.3) is 11.5 Å². The zero-order chi connectivity index (χ0) is 21.5. The summed E-state index contributed by atoms with van der Waals surface area (Å²) >= 11 is 3.34. The highest BCUT2D eigenvalue weighted by Crippen LogP contribution is 2.41. The van der Waals surface area contributed by atoms with Crippen LogP contribution in [0.5, 0.6) is 17.2 Å². The van der Waals surface area contributed by atoms with Gasteiger partial charge < -0.3 is 18.6 Å². The average molecular weight is 476 g/mol. The Labute approximate surface area is 182 Å². The Hall–Kier alpha value is -3.07. The standard InChI is InChI=1S/C21H22BrN3O5/c1-4-27-16-11-14(12-17(28-5-2)18(16)29-6-3)20-24-25-21(30-20)23-19(26)13-8-7-9-15(22)10-13/h7-12H,4-6H2,1-3H3,(H,23,25,26). The van der Waals surface area contributed by atoms with Crippen molar-refractivity contribution in [2.24, 2.45) is 0 Å². The number of anilines is 1. The molecule has 30 heavy (non-hydrogen) atoms. The van der Waals surface area contributed by atoms with Gasteiger partial charge in [-0.2, -0.15) is 0 Å². The predicted octanol–water partition coefficient (Wildman–Crippen LogP) is 4.95. The van der Waals surface area contributed by atoms with E-state index in [0.29, 0.717) is 48.2 Å². The Morgan fingerprint density at radius 2 is 1.67 bits per heavy atom. The number of hydrogen-bond donors (Lipinski definition) is 1. The molecular formula is C21H22BrN3O5. The van der Waals surface area contributed by atoms with Gasteiger partial charge in [0, 0.05) is 15.6 Å². The Balaban J connectivity index is 1.89. The lowest BCUT2D eigenvalue weighted by molar-refractivity contribution is 0.102. The maximum Gasteiger partial charge on any atom is 0.322 e. The van der Waals surface area contributed by atoms with E-state index in [0.717, 1.165) is 4.47 Å². The first kappa shape index (κ1) is 21.6. The number of benzene rings is 2. The summed E-state index contributed by atoms with van der Waals surface area (Å²) < 4.78 is 23.6. The summed E-state index contributed by atoms with van der Waals surface area (Å²) in [4.78, 5) is 12.4. The number of nitrogens with zero attached hydrogens (tertiary/aromatic N) is 2. The highest BCUT2D eigenvalue weighted by Gasteiger charge is 2.19. The fourth-order valence-corrected chi connectivity index (χ4v) is 3.10. The Kier molecular flexibility index (Phi) is 7.29. The summed E-state index contributed by atoms with van der Waals surface area (Å²) in [5, 5.41) is 10.6. The number of nitrogens with one attached hydrogen (secondary N) is 1. The fourth-order valence-electron chi connectivity index (χ4n) is 2.70. The third-order valence-electron chi connectivity index (χ3n) is 3.89. The highest BCUT2D eigenvalue weighted by atomic mass is 79.9. The molecule has 158 valence electrons. The van der Waals surface area contributed by atoms with E-state index in [-0.39, 0.29) is 17.8 Å². The van der Waals surface area contributed by atoms with Gasteiger partial charge in [0.25, 0.3) is 5.91 Å². The topological polar surface area (TPSA) is 95.7 Å². The van der Waals surface area contributed by atoms with Crippen molar-refractivity contribution in [2.75, 3.05) is 25.1 Å². The van der Waals surface area contributed by atoms with E-state index in [4.69, 9.17) is 18.6 Å². The number of aromatic nitrogens is 2. The van der Waals surface area contributed by atoms with Gasteiger partial charge in [0.1, 0.15) is 0 Å². The molecule has 9 heteroatoms. The smallest absolute Gasteiger partial charge is 0.322 e. The van der Waals surface area contributed by atoms with Gasteiger partial charge in [0.2, 0.25) is 11.6 Å². The largest absolute Gasteiger partial charge is 0.490 e. The molecule has 0 aliphatic rings. The first-order chi connectivity index (χ1) is 14.5. The van der Waals surface area contributed by atoms with Crippen LogP contribution in [0.4, 0.5) is 6.01 Å². The zero-order valence-corrected chi connectivity index (χ0v) is 18.5. The third kappa shape index (κ3) is 5.10. The van der Waals surface area contributed by atoms with Crippen molar-refractivity contribution < 1.29 is 23.4 Å². The van der Waals surface area contributed by atoms with Crippen molar-refractivity contribution in [3.8, 4) is 28.7 Å². The number of carbonyl (C=O) groups is 1. The predicted molar refractivity (Wildman–Crippen MR) is 115 cm³/mol. The molecule has 0 aliphatic carbocycles. The van der Waals surface area contributed by atoms with Crippen molar-refractivity contribution in [3.05, 3.63) is 46.4 Å². The summed E-state index contributed by atoms with van der Waals surface area (Å²) in [5.41, 5.74) is 1.04. The molecule has 1 amide bonds. The summed E-state index contributed by atoms with van der Waals surface area (Å²) in [6.07, 6.45) is 0. The minimum Gasteiger partial charge on any atom is -0.490 e. The molecule has 0 unspecified atom stereocenters. The molecule has 8 nitrogen and oxygen atoms in total. The summed E-state index contributed by atoms with van der Waals surface area (Å²) in [7, 11) is 0. The van der Waals surface area contributed by atoms with E-state index in [1.54, 1.807) is 30.3 Å². The third-order valence-corrected chi connectivity index (χ3v) is 4.38. The number of hydrogen-bond acceptors (Lipinski definition) is 7. The van der Waals surface area contributed by atoms with Crippen molar-refractivity contribution in [1.82, 2.24) is 10.2 Å². The molecule has 1 heterocycles. The van der Waals surface area contributed by atoms with Crippen LogP contribution in [0.15, 0.2) is 45.3 Å². The second kappa shape index (κ2) is 10.1.